The first-order chi connectivity index (χ1) is 11.8. The number of ether oxygens (including phenoxy) is 1. The number of esters is 1. The Balaban J connectivity index is 1.93. The monoisotopic (exact) mass is 344 g/mol. The Morgan fingerprint density at radius 1 is 0.920 bits per heavy atom. The van der Waals surface area contributed by atoms with E-state index in [1.807, 2.05) is 0 Å². The van der Waals surface area contributed by atoms with Crippen molar-refractivity contribution < 1.29 is 23.5 Å². The molecular weight excluding hydrogens is 327 g/mol. The molecule has 130 valence electrons. The van der Waals surface area contributed by atoms with Crippen molar-refractivity contribution in [3.05, 3.63) is 59.9 Å². The standard InChI is InChI=1S/C18H17FN2O4/c1-11(17(23)21-16-9-5-14(19)6-10-16)25-18(24)13-3-7-15(8-4-13)20-12(2)22/h3-11H,1-2H3,(H,20,22)(H,21,23)/t11-/m1/s1. The SMILES string of the molecule is CC(=O)Nc1ccc(C(=O)O[C@H](C)C(=O)Nc2ccc(F)cc2)cc1. The molecule has 0 bridgehead atoms. The zero-order valence-electron chi connectivity index (χ0n) is 13.7. The third kappa shape index (κ3) is 5.42. The molecule has 0 unspecified atom stereocenters. The Kier molecular flexibility index (Phi) is 5.84. The summed E-state index contributed by atoms with van der Waals surface area (Å²) in [5, 5.41) is 5.11. The van der Waals surface area contributed by atoms with Gasteiger partial charge in [-0.1, -0.05) is 0 Å². The molecule has 1 atom stereocenters. The summed E-state index contributed by atoms with van der Waals surface area (Å²) in [6.07, 6.45) is -1.03. The molecule has 6 nitrogen and oxygen atoms in total. The summed E-state index contributed by atoms with van der Waals surface area (Å²) in [5.41, 5.74) is 1.19. The van der Waals surface area contributed by atoms with E-state index in [-0.39, 0.29) is 11.5 Å². The summed E-state index contributed by atoms with van der Waals surface area (Å²) < 4.78 is 17.9. The molecule has 2 rings (SSSR count). The first-order valence-electron chi connectivity index (χ1n) is 7.50. The highest BCUT2D eigenvalue weighted by atomic mass is 19.1. The van der Waals surface area contributed by atoms with Crippen LogP contribution in [0.25, 0.3) is 0 Å². The van der Waals surface area contributed by atoms with E-state index < -0.39 is 23.8 Å². The van der Waals surface area contributed by atoms with E-state index in [0.29, 0.717) is 11.4 Å². The second-order valence-corrected chi connectivity index (χ2v) is 5.30. The molecule has 2 aromatic rings. The molecule has 0 saturated carbocycles. The number of hydrogen-bond donors (Lipinski definition) is 2. The molecule has 0 aromatic heterocycles. The van der Waals surface area contributed by atoms with Crippen LogP contribution in [0.5, 0.6) is 0 Å². The van der Waals surface area contributed by atoms with Gasteiger partial charge in [0.2, 0.25) is 5.91 Å². The van der Waals surface area contributed by atoms with Crippen molar-refractivity contribution in [2.45, 2.75) is 20.0 Å². The lowest BCUT2D eigenvalue weighted by atomic mass is 10.2. The molecule has 2 amide bonds. The molecule has 2 N–H and O–H groups in total. The average Bonchev–Trinajstić information content (AvgIpc) is 2.57. The molecule has 0 aliphatic rings. The maximum Gasteiger partial charge on any atom is 0.338 e. The van der Waals surface area contributed by atoms with Crippen LogP contribution in [0.1, 0.15) is 24.2 Å². The molecule has 0 aliphatic heterocycles. The Hall–Kier alpha value is -3.22. The molecule has 0 radical (unpaired) electrons. The predicted molar refractivity (Wildman–Crippen MR) is 90.7 cm³/mol. The van der Waals surface area contributed by atoms with Crippen LogP contribution in [-0.4, -0.2) is 23.9 Å². The fraction of sp³-hybridized carbons (Fsp3) is 0.167. The van der Waals surface area contributed by atoms with Gasteiger partial charge in [-0.05, 0) is 55.5 Å². The number of rotatable bonds is 5. The smallest absolute Gasteiger partial charge is 0.338 e. The molecular formula is C18H17FN2O4. The minimum Gasteiger partial charge on any atom is -0.449 e. The van der Waals surface area contributed by atoms with Gasteiger partial charge in [-0.2, -0.15) is 0 Å². The van der Waals surface area contributed by atoms with Gasteiger partial charge in [-0.3, -0.25) is 9.59 Å². The van der Waals surface area contributed by atoms with E-state index in [2.05, 4.69) is 10.6 Å². The van der Waals surface area contributed by atoms with Crippen LogP contribution in [0.4, 0.5) is 15.8 Å². The van der Waals surface area contributed by atoms with Gasteiger partial charge in [0.1, 0.15) is 5.82 Å². The number of amides is 2. The van der Waals surface area contributed by atoms with Gasteiger partial charge in [0.15, 0.2) is 6.10 Å². The fourth-order valence-electron chi connectivity index (χ4n) is 1.95. The lowest BCUT2D eigenvalue weighted by Crippen LogP contribution is -2.30. The summed E-state index contributed by atoms with van der Waals surface area (Å²) in [6, 6.07) is 11.3. The zero-order chi connectivity index (χ0) is 18.4. The van der Waals surface area contributed by atoms with Crippen LogP contribution in [0.3, 0.4) is 0 Å². The van der Waals surface area contributed by atoms with Crippen molar-refractivity contribution in [3.63, 3.8) is 0 Å². The van der Waals surface area contributed by atoms with Crippen molar-refractivity contribution >= 4 is 29.2 Å². The zero-order valence-corrected chi connectivity index (χ0v) is 13.7. The van der Waals surface area contributed by atoms with Crippen molar-refractivity contribution in [2.75, 3.05) is 10.6 Å². The number of anilines is 2. The second kappa shape index (κ2) is 8.05. The highest BCUT2D eigenvalue weighted by Gasteiger charge is 2.19. The largest absolute Gasteiger partial charge is 0.449 e. The number of benzene rings is 2. The van der Waals surface area contributed by atoms with Gasteiger partial charge in [-0.25, -0.2) is 9.18 Å². The summed E-state index contributed by atoms with van der Waals surface area (Å²) >= 11 is 0. The Morgan fingerprint density at radius 2 is 1.44 bits per heavy atom. The topological polar surface area (TPSA) is 84.5 Å². The number of carbonyl (C=O) groups is 3. The van der Waals surface area contributed by atoms with E-state index >= 15 is 0 Å². The maximum atomic E-state index is 12.8. The first kappa shape index (κ1) is 18.1. The number of nitrogens with one attached hydrogen (secondary N) is 2. The summed E-state index contributed by atoms with van der Waals surface area (Å²) in [7, 11) is 0. The van der Waals surface area contributed by atoms with Crippen LogP contribution >= 0.6 is 0 Å². The van der Waals surface area contributed by atoms with E-state index in [1.165, 1.54) is 50.2 Å². The molecule has 0 heterocycles. The van der Waals surface area contributed by atoms with Gasteiger partial charge in [0.25, 0.3) is 5.91 Å². The third-order valence-electron chi connectivity index (χ3n) is 3.21. The van der Waals surface area contributed by atoms with Gasteiger partial charge in [-0.15, -0.1) is 0 Å². The minimum atomic E-state index is -1.03. The maximum absolute atomic E-state index is 12.8. The molecule has 0 aliphatic carbocycles. The summed E-state index contributed by atoms with van der Waals surface area (Å²) in [6.45, 7) is 2.81. The lowest BCUT2D eigenvalue weighted by molar-refractivity contribution is -0.123. The average molecular weight is 344 g/mol. The van der Waals surface area contributed by atoms with Crippen molar-refractivity contribution in [3.8, 4) is 0 Å². The van der Waals surface area contributed by atoms with E-state index in [9.17, 15) is 18.8 Å². The number of halogens is 1. The molecule has 0 saturated heterocycles. The summed E-state index contributed by atoms with van der Waals surface area (Å²) in [5.74, 6) is -1.84. The van der Waals surface area contributed by atoms with Gasteiger partial charge in [0, 0.05) is 18.3 Å². The van der Waals surface area contributed by atoms with Crippen molar-refractivity contribution in [2.24, 2.45) is 0 Å². The Bertz CT molecular complexity index is 773. The number of carbonyl (C=O) groups excluding carboxylic acids is 3. The van der Waals surface area contributed by atoms with Crippen LogP contribution in [0, 0.1) is 5.82 Å². The van der Waals surface area contributed by atoms with E-state index in [0.717, 1.165) is 0 Å². The van der Waals surface area contributed by atoms with E-state index in [1.54, 1.807) is 12.1 Å². The highest BCUT2D eigenvalue weighted by Crippen LogP contribution is 2.13. The minimum absolute atomic E-state index is 0.221. The van der Waals surface area contributed by atoms with Crippen LogP contribution in [0.15, 0.2) is 48.5 Å². The van der Waals surface area contributed by atoms with Crippen molar-refractivity contribution in [1.29, 1.82) is 0 Å². The Labute approximate surface area is 144 Å². The predicted octanol–water partition coefficient (Wildman–Crippen LogP) is 2.97. The fourth-order valence-corrected chi connectivity index (χ4v) is 1.95. The van der Waals surface area contributed by atoms with Crippen LogP contribution in [0.2, 0.25) is 0 Å². The molecule has 2 aromatic carbocycles. The molecule has 7 heteroatoms. The summed E-state index contributed by atoms with van der Waals surface area (Å²) in [4.78, 5) is 35.0. The molecule has 25 heavy (non-hydrogen) atoms. The van der Waals surface area contributed by atoms with Gasteiger partial charge in [0.05, 0.1) is 5.56 Å². The van der Waals surface area contributed by atoms with Crippen molar-refractivity contribution in [1.82, 2.24) is 0 Å². The van der Waals surface area contributed by atoms with Crippen LogP contribution in [-0.2, 0) is 14.3 Å². The lowest BCUT2D eigenvalue weighted by Gasteiger charge is -2.13. The number of hydrogen-bond acceptors (Lipinski definition) is 4. The van der Waals surface area contributed by atoms with Gasteiger partial charge >= 0.3 is 5.97 Å². The van der Waals surface area contributed by atoms with Gasteiger partial charge < -0.3 is 15.4 Å². The van der Waals surface area contributed by atoms with E-state index in [4.69, 9.17) is 4.74 Å². The second-order valence-electron chi connectivity index (χ2n) is 5.30. The molecule has 0 spiro atoms. The highest BCUT2D eigenvalue weighted by molar-refractivity contribution is 5.97. The first-order valence-corrected chi connectivity index (χ1v) is 7.50. The quantitative estimate of drug-likeness (QED) is 0.817. The Morgan fingerprint density at radius 3 is 2.00 bits per heavy atom. The van der Waals surface area contributed by atoms with Crippen LogP contribution < -0.4 is 10.6 Å². The molecule has 0 fully saturated rings. The third-order valence-corrected chi connectivity index (χ3v) is 3.21. The normalized spacial score (nSPS) is 11.3.